The molecule has 0 amide bonds. The first kappa shape index (κ1) is 18.9. The summed E-state index contributed by atoms with van der Waals surface area (Å²) < 4.78 is 31.6. The van der Waals surface area contributed by atoms with E-state index in [1.807, 2.05) is 0 Å². The third kappa shape index (κ3) is 4.34. The Kier molecular flexibility index (Phi) is 6.36. The summed E-state index contributed by atoms with van der Waals surface area (Å²) >= 11 is 11.8. The van der Waals surface area contributed by atoms with Gasteiger partial charge in [-0.1, -0.05) is 23.7 Å². The van der Waals surface area contributed by atoms with Gasteiger partial charge in [-0.15, -0.1) is 0 Å². The number of anilines is 2. The molecular weight excluding hydrogens is 375 g/mol. The number of aromatic nitrogens is 2. The lowest BCUT2D eigenvalue weighted by Crippen LogP contribution is -2.30. The fourth-order valence-corrected chi connectivity index (χ4v) is 3.43. The third-order valence-electron chi connectivity index (χ3n) is 3.15. The number of hydrogen-bond acceptors (Lipinski definition) is 6. The molecule has 0 bridgehead atoms. The molecular formula is C14H16Cl2N4O3S. The molecule has 0 aliphatic rings. The minimum atomic E-state index is -3.71. The van der Waals surface area contributed by atoms with Crippen molar-refractivity contribution in [2.45, 2.75) is 4.90 Å². The molecule has 24 heavy (non-hydrogen) atoms. The van der Waals surface area contributed by atoms with E-state index in [0.717, 1.165) is 0 Å². The summed E-state index contributed by atoms with van der Waals surface area (Å²) in [4.78, 5) is 7.82. The SMILES string of the molecule is COCCN(C)S(=O)(=O)c1ccccc1Nc1nc(Cl)ncc1Cl. The van der Waals surface area contributed by atoms with Crippen molar-refractivity contribution in [2.75, 3.05) is 32.6 Å². The molecule has 1 aromatic carbocycles. The Hall–Kier alpha value is -1.45. The summed E-state index contributed by atoms with van der Waals surface area (Å²) in [5.41, 5.74) is 0.332. The molecule has 0 aliphatic heterocycles. The van der Waals surface area contributed by atoms with E-state index in [1.165, 1.54) is 30.7 Å². The number of nitrogens with one attached hydrogen (secondary N) is 1. The highest BCUT2D eigenvalue weighted by atomic mass is 35.5. The molecule has 2 aromatic rings. The van der Waals surface area contributed by atoms with Crippen LogP contribution in [0.5, 0.6) is 0 Å². The number of hydrogen-bond donors (Lipinski definition) is 1. The van der Waals surface area contributed by atoms with Crippen LogP contribution in [0.25, 0.3) is 0 Å². The molecule has 2 rings (SSSR count). The molecule has 0 aliphatic carbocycles. The van der Waals surface area contributed by atoms with E-state index in [0.29, 0.717) is 12.3 Å². The lowest BCUT2D eigenvalue weighted by Gasteiger charge is -2.19. The van der Waals surface area contributed by atoms with Gasteiger partial charge >= 0.3 is 0 Å². The van der Waals surface area contributed by atoms with E-state index in [2.05, 4.69) is 15.3 Å². The first-order valence-corrected chi connectivity index (χ1v) is 9.05. The van der Waals surface area contributed by atoms with Crippen LogP contribution < -0.4 is 5.32 Å². The van der Waals surface area contributed by atoms with Gasteiger partial charge in [-0.3, -0.25) is 0 Å². The summed E-state index contributed by atoms with van der Waals surface area (Å²) in [5, 5.41) is 3.12. The maximum absolute atomic E-state index is 12.7. The van der Waals surface area contributed by atoms with Gasteiger partial charge in [-0.2, -0.15) is 9.29 Å². The van der Waals surface area contributed by atoms with Crippen molar-refractivity contribution in [3.8, 4) is 0 Å². The highest BCUT2D eigenvalue weighted by Crippen LogP contribution is 2.29. The minimum Gasteiger partial charge on any atom is -0.383 e. The molecule has 1 heterocycles. The van der Waals surface area contributed by atoms with Crippen LogP contribution in [0.1, 0.15) is 0 Å². The fourth-order valence-electron chi connectivity index (χ4n) is 1.86. The Labute approximate surface area is 150 Å². The first-order valence-electron chi connectivity index (χ1n) is 6.85. The van der Waals surface area contributed by atoms with Gasteiger partial charge in [0.05, 0.1) is 18.5 Å². The van der Waals surface area contributed by atoms with E-state index in [4.69, 9.17) is 27.9 Å². The van der Waals surface area contributed by atoms with Crippen LogP contribution in [0.15, 0.2) is 35.4 Å². The predicted molar refractivity (Wildman–Crippen MR) is 93.5 cm³/mol. The first-order chi connectivity index (χ1) is 11.4. The van der Waals surface area contributed by atoms with E-state index < -0.39 is 10.0 Å². The fraction of sp³-hybridized carbons (Fsp3) is 0.286. The Balaban J connectivity index is 2.38. The number of ether oxygens (including phenoxy) is 1. The Morgan fingerprint density at radius 1 is 1.29 bits per heavy atom. The van der Waals surface area contributed by atoms with E-state index >= 15 is 0 Å². The molecule has 10 heteroatoms. The molecule has 0 atom stereocenters. The van der Waals surface area contributed by atoms with Gasteiger partial charge in [-0.25, -0.2) is 13.4 Å². The maximum atomic E-state index is 12.7. The van der Waals surface area contributed by atoms with Gasteiger partial charge < -0.3 is 10.1 Å². The zero-order chi connectivity index (χ0) is 17.7. The van der Waals surface area contributed by atoms with Crippen molar-refractivity contribution < 1.29 is 13.2 Å². The van der Waals surface area contributed by atoms with Crippen LogP contribution in [0.2, 0.25) is 10.3 Å². The van der Waals surface area contributed by atoms with Crippen LogP contribution in [-0.4, -0.2) is 50.0 Å². The second-order valence-electron chi connectivity index (χ2n) is 4.78. The number of para-hydroxylation sites is 1. The largest absolute Gasteiger partial charge is 0.383 e. The van der Waals surface area contributed by atoms with Crippen molar-refractivity contribution in [3.05, 3.63) is 40.8 Å². The van der Waals surface area contributed by atoms with Crippen LogP contribution in [0.4, 0.5) is 11.5 Å². The van der Waals surface area contributed by atoms with E-state index in [9.17, 15) is 8.42 Å². The van der Waals surface area contributed by atoms with E-state index in [1.54, 1.807) is 18.2 Å². The molecule has 1 N–H and O–H groups in total. The normalized spacial score (nSPS) is 11.7. The molecule has 0 unspecified atom stereocenters. The number of halogens is 2. The number of rotatable bonds is 7. The number of benzene rings is 1. The molecule has 0 spiro atoms. The van der Waals surface area contributed by atoms with Gasteiger partial charge in [0.2, 0.25) is 15.3 Å². The average Bonchev–Trinajstić information content (AvgIpc) is 2.56. The minimum absolute atomic E-state index is 0.000508. The molecule has 0 fully saturated rings. The van der Waals surface area contributed by atoms with Crippen LogP contribution >= 0.6 is 23.2 Å². The van der Waals surface area contributed by atoms with Gasteiger partial charge in [0.1, 0.15) is 9.92 Å². The lowest BCUT2D eigenvalue weighted by atomic mass is 10.3. The number of likely N-dealkylation sites (N-methyl/N-ethyl adjacent to an activating group) is 1. The summed E-state index contributed by atoms with van der Waals surface area (Å²) in [6, 6.07) is 6.45. The average molecular weight is 391 g/mol. The Bertz CT molecular complexity index is 817. The van der Waals surface area contributed by atoms with Crippen LogP contribution in [0.3, 0.4) is 0 Å². The Morgan fingerprint density at radius 2 is 2.00 bits per heavy atom. The zero-order valence-corrected chi connectivity index (χ0v) is 15.4. The van der Waals surface area contributed by atoms with Gasteiger partial charge in [-0.05, 0) is 23.7 Å². The number of sulfonamides is 1. The van der Waals surface area contributed by atoms with Crippen molar-refractivity contribution in [2.24, 2.45) is 0 Å². The predicted octanol–water partition coefficient (Wildman–Crippen LogP) is 2.79. The second-order valence-corrected chi connectivity index (χ2v) is 7.53. The topological polar surface area (TPSA) is 84.4 Å². The third-order valence-corrected chi connectivity index (χ3v) is 5.53. The maximum Gasteiger partial charge on any atom is 0.244 e. The van der Waals surface area contributed by atoms with Crippen LogP contribution in [-0.2, 0) is 14.8 Å². The molecule has 1 aromatic heterocycles. The quantitative estimate of drug-likeness (QED) is 0.731. The highest BCUT2D eigenvalue weighted by Gasteiger charge is 2.24. The standard InChI is InChI=1S/C14H16Cl2N4O3S/c1-20(7-8-23-2)24(21,22)12-6-4-3-5-11(12)18-13-10(15)9-17-14(16)19-13/h3-6,9H,7-8H2,1-2H3,(H,17,18,19). The van der Waals surface area contributed by atoms with Crippen molar-refractivity contribution >= 4 is 44.7 Å². The molecule has 0 saturated heterocycles. The zero-order valence-electron chi connectivity index (χ0n) is 13.0. The van der Waals surface area contributed by atoms with Gasteiger partial charge in [0.25, 0.3) is 0 Å². The van der Waals surface area contributed by atoms with Crippen molar-refractivity contribution in [1.82, 2.24) is 14.3 Å². The summed E-state index contributed by atoms with van der Waals surface area (Å²) in [7, 11) is -0.717. The monoisotopic (exact) mass is 390 g/mol. The molecule has 0 saturated carbocycles. The molecule has 7 nitrogen and oxygen atoms in total. The molecule has 0 radical (unpaired) electrons. The Morgan fingerprint density at radius 3 is 2.71 bits per heavy atom. The highest BCUT2D eigenvalue weighted by molar-refractivity contribution is 7.89. The van der Waals surface area contributed by atoms with Gasteiger partial charge in [0.15, 0.2) is 5.82 Å². The van der Waals surface area contributed by atoms with Gasteiger partial charge in [0, 0.05) is 20.7 Å². The summed E-state index contributed by atoms with van der Waals surface area (Å²) in [6.07, 6.45) is 1.33. The second kappa shape index (κ2) is 8.09. The smallest absolute Gasteiger partial charge is 0.244 e. The molecule has 130 valence electrons. The van der Waals surface area contributed by atoms with E-state index in [-0.39, 0.29) is 27.6 Å². The lowest BCUT2D eigenvalue weighted by molar-refractivity contribution is 0.185. The summed E-state index contributed by atoms with van der Waals surface area (Å²) in [5.74, 6) is 0.221. The van der Waals surface area contributed by atoms with Crippen molar-refractivity contribution in [1.29, 1.82) is 0 Å². The van der Waals surface area contributed by atoms with Crippen molar-refractivity contribution in [3.63, 3.8) is 0 Å². The summed E-state index contributed by atoms with van der Waals surface area (Å²) in [6.45, 7) is 0.520. The van der Waals surface area contributed by atoms with Crippen LogP contribution in [0, 0.1) is 0 Å². The number of nitrogens with zero attached hydrogens (tertiary/aromatic N) is 3. The number of methoxy groups -OCH3 is 1.